The summed E-state index contributed by atoms with van der Waals surface area (Å²) in [7, 11) is 0. The highest BCUT2D eigenvalue weighted by Crippen LogP contribution is 2.18. The molecule has 0 spiro atoms. The van der Waals surface area contributed by atoms with Gasteiger partial charge in [0.15, 0.2) is 0 Å². The molecule has 0 amide bonds. The molecular formula is C16H14O3. The summed E-state index contributed by atoms with van der Waals surface area (Å²) in [5.74, 6) is 0.398. The molecule has 3 heteroatoms. The van der Waals surface area contributed by atoms with Crippen molar-refractivity contribution in [3.63, 3.8) is 0 Å². The van der Waals surface area contributed by atoms with Gasteiger partial charge in [0.05, 0.1) is 0 Å². The average Bonchev–Trinajstić information content (AvgIpc) is 2.43. The molecule has 0 aliphatic heterocycles. The Hall–Kier alpha value is -2.55. The molecule has 0 heterocycles. The Morgan fingerprint density at radius 3 is 1.95 bits per heavy atom. The van der Waals surface area contributed by atoms with Gasteiger partial charge in [-0.05, 0) is 41.8 Å². The van der Waals surface area contributed by atoms with Crippen molar-refractivity contribution in [2.75, 3.05) is 0 Å². The standard InChI is InChI=1S/C16H14O3/c17-11-14(13-5-9-16(19)10-6-13)4-1-12-2-7-15(18)8-3-12/h2-11,18-19H,1H2/b14-4+. The number of carbonyl (C=O) groups is 1. The summed E-state index contributed by atoms with van der Waals surface area (Å²) in [5.41, 5.74) is 2.36. The van der Waals surface area contributed by atoms with Crippen LogP contribution >= 0.6 is 0 Å². The van der Waals surface area contributed by atoms with Crippen molar-refractivity contribution in [1.29, 1.82) is 0 Å². The Morgan fingerprint density at radius 1 is 0.895 bits per heavy atom. The molecule has 3 nitrogen and oxygen atoms in total. The largest absolute Gasteiger partial charge is 0.508 e. The first-order valence-electron chi connectivity index (χ1n) is 5.91. The van der Waals surface area contributed by atoms with E-state index in [9.17, 15) is 15.0 Å². The number of benzene rings is 2. The van der Waals surface area contributed by atoms with E-state index in [0.717, 1.165) is 17.4 Å². The van der Waals surface area contributed by atoms with Crippen molar-refractivity contribution in [2.45, 2.75) is 6.42 Å². The fourth-order valence-electron chi connectivity index (χ4n) is 1.75. The van der Waals surface area contributed by atoms with E-state index >= 15 is 0 Å². The first-order valence-corrected chi connectivity index (χ1v) is 5.91. The van der Waals surface area contributed by atoms with Gasteiger partial charge in [-0.3, -0.25) is 4.79 Å². The van der Waals surface area contributed by atoms with Crippen LogP contribution in [-0.4, -0.2) is 16.5 Å². The van der Waals surface area contributed by atoms with Crippen LogP contribution in [0.5, 0.6) is 11.5 Å². The lowest BCUT2D eigenvalue weighted by Crippen LogP contribution is -1.88. The Kier molecular flexibility index (Phi) is 3.98. The zero-order chi connectivity index (χ0) is 13.7. The number of rotatable bonds is 4. The van der Waals surface area contributed by atoms with Gasteiger partial charge in [-0.25, -0.2) is 0 Å². The molecule has 0 aliphatic rings. The van der Waals surface area contributed by atoms with Gasteiger partial charge in [0.2, 0.25) is 0 Å². The minimum Gasteiger partial charge on any atom is -0.508 e. The fraction of sp³-hybridized carbons (Fsp3) is 0.0625. The molecule has 2 aromatic rings. The summed E-state index contributed by atoms with van der Waals surface area (Å²) in [4.78, 5) is 11.1. The molecule has 0 saturated heterocycles. The fourth-order valence-corrected chi connectivity index (χ4v) is 1.75. The monoisotopic (exact) mass is 254 g/mol. The zero-order valence-electron chi connectivity index (χ0n) is 10.3. The van der Waals surface area contributed by atoms with Gasteiger partial charge in [-0.15, -0.1) is 0 Å². The third-order valence-corrected chi connectivity index (χ3v) is 2.82. The topological polar surface area (TPSA) is 57.5 Å². The van der Waals surface area contributed by atoms with Crippen LogP contribution < -0.4 is 0 Å². The number of hydrogen-bond donors (Lipinski definition) is 2. The highest BCUT2D eigenvalue weighted by Gasteiger charge is 2.00. The maximum atomic E-state index is 11.1. The van der Waals surface area contributed by atoms with E-state index in [1.165, 1.54) is 0 Å². The van der Waals surface area contributed by atoms with Crippen molar-refractivity contribution in [2.24, 2.45) is 0 Å². The smallest absolute Gasteiger partial charge is 0.150 e. The van der Waals surface area contributed by atoms with Crippen LogP contribution in [-0.2, 0) is 11.2 Å². The van der Waals surface area contributed by atoms with Crippen LogP contribution in [0.1, 0.15) is 11.1 Å². The maximum absolute atomic E-state index is 11.1. The van der Waals surface area contributed by atoms with E-state index in [1.54, 1.807) is 36.4 Å². The van der Waals surface area contributed by atoms with E-state index < -0.39 is 0 Å². The predicted molar refractivity (Wildman–Crippen MR) is 74.0 cm³/mol. The molecule has 0 aromatic heterocycles. The lowest BCUT2D eigenvalue weighted by atomic mass is 10.0. The molecule has 0 bridgehead atoms. The van der Waals surface area contributed by atoms with E-state index in [-0.39, 0.29) is 11.5 Å². The Balaban J connectivity index is 2.17. The van der Waals surface area contributed by atoms with Crippen molar-refractivity contribution < 1.29 is 15.0 Å². The number of phenols is 2. The summed E-state index contributed by atoms with van der Waals surface area (Å²) < 4.78 is 0. The molecule has 0 radical (unpaired) electrons. The second kappa shape index (κ2) is 5.87. The van der Waals surface area contributed by atoms with E-state index in [0.29, 0.717) is 12.0 Å². The molecule has 0 atom stereocenters. The quantitative estimate of drug-likeness (QED) is 0.651. The predicted octanol–water partition coefficient (Wildman–Crippen LogP) is 2.92. The molecule has 2 rings (SSSR count). The molecule has 0 aliphatic carbocycles. The molecular weight excluding hydrogens is 240 g/mol. The van der Waals surface area contributed by atoms with Crippen LogP contribution in [0.2, 0.25) is 0 Å². The molecule has 0 fully saturated rings. The van der Waals surface area contributed by atoms with Crippen LogP contribution in [0.25, 0.3) is 5.57 Å². The van der Waals surface area contributed by atoms with Crippen molar-refractivity contribution in [3.05, 3.63) is 65.7 Å². The molecule has 0 saturated carbocycles. The normalized spacial score (nSPS) is 11.3. The van der Waals surface area contributed by atoms with Gasteiger partial charge in [0.25, 0.3) is 0 Å². The minimum absolute atomic E-state index is 0.174. The second-order valence-corrected chi connectivity index (χ2v) is 4.19. The zero-order valence-corrected chi connectivity index (χ0v) is 10.3. The van der Waals surface area contributed by atoms with Gasteiger partial charge in [-0.2, -0.15) is 0 Å². The maximum Gasteiger partial charge on any atom is 0.150 e. The minimum atomic E-state index is 0.174. The van der Waals surface area contributed by atoms with Crippen molar-refractivity contribution in [3.8, 4) is 11.5 Å². The molecule has 2 N–H and O–H groups in total. The number of hydrogen-bond acceptors (Lipinski definition) is 3. The highest BCUT2D eigenvalue weighted by molar-refractivity contribution is 6.06. The summed E-state index contributed by atoms with van der Waals surface area (Å²) in [5, 5.41) is 18.4. The van der Waals surface area contributed by atoms with Crippen molar-refractivity contribution in [1.82, 2.24) is 0 Å². The first-order chi connectivity index (χ1) is 9.19. The van der Waals surface area contributed by atoms with Crippen LogP contribution in [0.4, 0.5) is 0 Å². The molecule has 96 valence electrons. The Morgan fingerprint density at radius 2 is 1.42 bits per heavy atom. The third kappa shape index (κ3) is 3.45. The SMILES string of the molecule is O=C/C(=C\Cc1ccc(O)cc1)c1ccc(O)cc1. The number of aromatic hydroxyl groups is 2. The van der Waals surface area contributed by atoms with E-state index in [4.69, 9.17) is 0 Å². The summed E-state index contributed by atoms with van der Waals surface area (Å²) in [6.45, 7) is 0. The highest BCUT2D eigenvalue weighted by atomic mass is 16.3. The third-order valence-electron chi connectivity index (χ3n) is 2.82. The van der Waals surface area contributed by atoms with Gasteiger partial charge < -0.3 is 10.2 Å². The van der Waals surface area contributed by atoms with Crippen LogP contribution in [0.15, 0.2) is 54.6 Å². The number of phenolic OH excluding ortho intramolecular Hbond substituents is 2. The van der Waals surface area contributed by atoms with Gasteiger partial charge in [0, 0.05) is 5.57 Å². The van der Waals surface area contributed by atoms with E-state index in [2.05, 4.69) is 0 Å². The van der Waals surface area contributed by atoms with Crippen molar-refractivity contribution >= 4 is 11.9 Å². The van der Waals surface area contributed by atoms with Crippen LogP contribution in [0.3, 0.4) is 0 Å². The molecule has 2 aromatic carbocycles. The Labute approximate surface area is 111 Å². The Bertz CT molecular complexity index is 580. The van der Waals surface area contributed by atoms with Gasteiger partial charge in [-0.1, -0.05) is 30.3 Å². The van der Waals surface area contributed by atoms with Gasteiger partial charge in [0.1, 0.15) is 17.8 Å². The molecule has 19 heavy (non-hydrogen) atoms. The number of allylic oxidation sites excluding steroid dienone is 2. The van der Waals surface area contributed by atoms with Crippen LogP contribution in [0, 0.1) is 0 Å². The summed E-state index contributed by atoms with van der Waals surface area (Å²) in [6, 6.07) is 13.4. The first kappa shape index (κ1) is 12.9. The summed E-state index contributed by atoms with van der Waals surface area (Å²) >= 11 is 0. The number of aldehydes is 1. The number of carbonyl (C=O) groups excluding carboxylic acids is 1. The molecule has 0 unspecified atom stereocenters. The summed E-state index contributed by atoms with van der Waals surface area (Å²) in [6.07, 6.45) is 3.23. The van der Waals surface area contributed by atoms with Gasteiger partial charge >= 0.3 is 0 Å². The second-order valence-electron chi connectivity index (χ2n) is 4.19. The average molecular weight is 254 g/mol. The lowest BCUT2D eigenvalue weighted by Gasteiger charge is -2.02. The lowest BCUT2D eigenvalue weighted by molar-refractivity contribution is -0.103. The van der Waals surface area contributed by atoms with E-state index in [1.807, 2.05) is 18.2 Å².